The summed E-state index contributed by atoms with van der Waals surface area (Å²) >= 11 is 0. The van der Waals surface area contributed by atoms with Crippen molar-refractivity contribution < 1.29 is 18.3 Å². The summed E-state index contributed by atoms with van der Waals surface area (Å²) in [4.78, 5) is 1.80. The number of hydrogen-bond donors (Lipinski definition) is 1. The highest BCUT2D eigenvalue weighted by atomic mass is 19.4. The van der Waals surface area contributed by atoms with Gasteiger partial charge in [-0.05, 0) is 36.5 Å². The number of piperidine rings is 1. The van der Waals surface area contributed by atoms with Gasteiger partial charge in [-0.25, -0.2) is 0 Å². The lowest BCUT2D eigenvalue weighted by Gasteiger charge is -2.34. The first kappa shape index (κ1) is 14.2. The Hall–Kier alpha value is -1.23. The molecule has 1 aliphatic heterocycles. The lowest BCUT2D eigenvalue weighted by Crippen LogP contribution is -2.34. The molecule has 1 fully saturated rings. The SMILES string of the molecule is CC1CCN(c2ccc(CO)cc2C(F)(F)F)CC1. The molecule has 19 heavy (non-hydrogen) atoms. The molecule has 1 aliphatic rings. The molecule has 1 N–H and O–H groups in total. The second kappa shape index (κ2) is 5.41. The maximum absolute atomic E-state index is 13.1. The van der Waals surface area contributed by atoms with Crippen molar-refractivity contribution in [2.75, 3.05) is 18.0 Å². The van der Waals surface area contributed by atoms with E-state index in [0.29, 0.717) is 24.6 Å². The molecule has 0 amide bonds. The Bertz CT molecular complexity index is 437. The third-order valence-corrected chi connectivity index (χ3v) is 3.67. The van der Waals surface area contributed by atoms with Crippen LogP contribution in [0.3, 0.4) is 0 Å². The van der Waals surface area contributed by atoms with Crippen molar-refractivity contribution in [1.29, 1.82) is 0 Å². The van der Waals surface area contributed by atoms with Gasteiger partial charge in [0.1, 0.15) is 0 Å². The zero-order chi connectivity index (χ0) is 14.0. The van der Waals surface area contributed by atoms with Crippen LogP contribution in [0.4, 0.5) is 18.9 Å². The maximum atomic E-state index is 13.1. The van der Waals surface area contributed by atoms with E-state index in [2.05, 4.69) is 6.92 Å². The van der Waals surface area contributed by atoms with Crippen molar-refractivity contribution in [3.63, 3.8) is 0 Å². The van der Waals surface area contributed by atoms with Gasteiger partial charge in [0.05, 0.1) is 12.2 Å². The first-order chi connectivity index (χ1) is 8.91. The Labute approximate surface area is 110 Å². The third kappa shape index (κ3) is 3.21. The summed E-state index contributed by atoms with van der Waals surface area (Å²) in [6, 6.07) is 4.08. The van der Waals surface area contributed by atoms with Gasteiger partial charge in [0, 0.05) is 18.8 Å². The third-order valence-electron chi connectivity index (χ3n) is 3.67. The van der Waals surface area contributed by atoms with Crippen LogP contribution in [-0.4, -0.2) is 18.2 Å². The fraction of sp³-hybridized carbons (Fsp3) is 0.571. The van der Waals surface area contributed by atoms with Crippen LogP contribution in [0.25, 0.3) is 0 Å². The Morgan fingerprint density at radius 2 is 1.89 bits per heavy atom. The fourth-order valence-corrected chi connectivity index (χ4v) is 2.43. The summed E-state index contributed by atoms with van der Waals surface area (Å²) in [5, 5.41) is 8.98. The predicted octanol–water partition coefficient (Wildman–Crippen LogP) is 3.43. The van der Waals surface area contributed by atoms with Crippen molar-refractivity contribution in [2.45, 2.75) is 32.5 Å². The van der Waals surface area contributed by atoms with Gasteiger partial charge in [-0.2, -0.15) is 13.2 Å². The van der Waals surface area contributed by atoms with E-state index < -0.39 is 11.7 Å². The second-order valence-electron chi connectivity index (χ2n) is 5.18. The molecule has 2 rings (SSSR count). The number of hydrogen-bond acceptors (Lipinski definition) is 2. The van der Waals surface area contributed by atoms with E-state index in [9.17, 15) is 13.2 Å². The summed E-state index contributed by atoms with van der Waals surface area (Å²) in [5.41, 5.74) is -0.119. The lowest BCUT2D eigenvalue weighted by atomic mass is 9.97. The number of aliphatic hydroxyl groups is 1. The molecule has 0 unspecified atom stereocenters. The van der Waals surface area contributed by atoms with Crippen LogP contribution in [0.2, 0.25) is 0 Å². The van der Waals surface area contributed by atoms with E-state index in [0.717, 1.165) is 18.9 Å². The van der Waals surface area contributed by atoms with Gasteiger partial charge in [0.15, 0.2) is 0 Å². The lowest BCUT2D eigenvalue weighted by molar-refractivity contribution is -0.137. The number of halogens is 3. The van der Waals surface area contributed by atoms with E-state index in [4.69, 9.17) is 5.11 Å². The number of benzene rings is 1. The maximum Gasteiger partial charge on any atom is 0.418 e. The average molecular weight is 273 g/mol. The Morgan fingerprint density at radius 1 is 1.26 bits per heavy atom. The van der Waals surface area contributed by atoms with Crippen LogP contribution in [0.1, 0.15) is 30.9 Å². The van der Waals surface area contributed by atoms with Crippen LogP contribution in [0, 0.1) is 5.92 Å². The van der Waals surface area contributed by atoms with Crippen LogP contribution in [0.5, 0.6) is 0 Å². The van der Waals surface area contributed by atoms with Crippen LogP contribution in [-0.2, 0) is 12.8 Å². The van der Waals surface area contributed by atoms with Crippen LogP contribution < -0.4 is 4.90 Å². The standard InChI is InChI=1S/C14H18F3NO/c1-10-4-6-18(7-5-10)13-3-2-11(9-19)8-12(13)14(15,16)17/h2-3,8,10,19H,4-7,9H2,1H3. The Morgan fingerprint density at radius 3 is 2.42 bits per heavy atom. The van der Waals surface area contributed by atoms with Crippen molar-refractivity contribution >= 4 is 5.69 Å². The largest absolute Gasteiger partial charge is 0.418 e. The molecule has 106 valence electrons. The number of aliphatic hydroxyl groups excluding tert-OH is 1. The topological polar surface area (TPSA) is 23.5 Å². The van der Waals surface area contributed by atoms with E-state index in [1.165, 1.54) is 6.07 Å². The molecule has 0 spiro atoms. The summed E-state index contributed by atoms with van der Waals surface area (Å²) in [6.45, 7) is 3.06. The molecule has 0 aliphatic carbocycles. The van der Waals surface area contributed by atoms with Gasteiger partial charge in [0.25, 0.3) is 0 Å². The van der Waals surface area contributed by atoms with Gasteiger partial charge in [-0.3, -0.25) is 0 Å². The highest BCUT2D eigenvalue weighted by Gasteiger charge is 2.35. The first-order valence-electron chi connectivity index (χ1n) is 6.47. The number of alkyl halides is 3. The van der Waals surface area contributed by atoms with Gasteiger partial charge in [-0.1, -0.05) is 13.0 Å². The highest BCUT2D eigenvalue weighted by Crippen LogP contribution is 2.38. The van der Waals surface area contributed by atoms with Crippen molar-refractivity contribution in [2.24, 2.45) is 5.92 Å². The van der Waals surface area contributed by atoms with Crippen molar-refractivity contribution in [3.05, 3.63) is 29.3 Å². The van der Waals surface area contributed by atoms with E-state index in [1.54, 1.807) is 11.0 Å². The monoisotopic (exact) mass is 273 g/mol. The van der Waals surface area contributed by atoms with E-state index >= 15 is 0 Å². The average Bonchev–Trinajstić information content (AvgIpc) is 2.38. The minimum Gasteiger partial charge on any atom is -0.392 e. The van der Waals surface area contributed by atoms with Crippen molar-refractivity contribution in [1.82, 2.24) is 0 Å². The van der Waals surface area contributed by atoms with Crippen molar-refractivity contribution in [3.8, 4) is 0 Å². The summed E-state index contributed by atoms with van der Waals surface area (Å²) < 4.78 is 39.3. The highest BCUT2D eigenvalue weighted by molar-refractivity contribution is 5.56. The normalized spacial score (nSPS) is 17.8. The molecule has 1 aromatic carbocycles. The zero-order valence-corrected chi connectivity index (χ0v) is 10.9. The molecule has 0 bridgehead atoms. The smallest absolute Gasteiger partial charge is 0.392 e. The van der Waals surface area contributed by atoms with Crippen LogP contribution in [0.15, 0.2) is 18.2 Å². The zero-order valence-electron chi connectivity index (χ0n) is 10.9. The number of rotatable bonds is 2. The van der Waals surface area contributed by atoms with Gasteiger partial charge in [-0.15, -0.1) is 0 Å². The fourth-order valence-electron chi connectivity index (χ4n) is 2.43. The summed E-state index contributed by atoms with van der Waals surface area (Å²) in [6.07, 6.45) is -2.55. The molecule has 1 heterocycles. The first-order valence-corrected chi connectivity index (χ1v) is 6.47. The number of nitrogens with zero attached hydrogens (tertiary/aromatic N) is 1. The molecule has 5 heteroatoms. The summed E-state index contributed by atoms with van der Waals surface area (Å²) in [5.74, 6) is 0.572. The van der Waals surface area contributed by atoms with Gasteiger partial charge >= 0.3 is 6.18 Å². The quantitative estimate of drug-likeness (QED) is 0.892. The summed E-state index contributed by atoms with van der Waals surface area (Å²) in [7, 11) is 0. The Kier molecular flexibility index (Phi) is 4.04. The molecule has 0 saturated carbocycles. The molecular formula is C14H18F3NO. The molecule has 0 atom stereocenters. The Balaban J connectivity index is 2.34. The number of anilines is 1. The predicted molar refractivity (Wildman–Crippen MR) is 68.0 cm³/mol. The van der Waals surface area contributed by atoms with Crippen LogP contribution >= 0.6 is 0 Å². The van der Waals surface area contributed by atoms with Gasteiger partial charge < -0.3 is 10.0 Å². The van der Waals surface area contributed by atoms with E-state index in [-0.39, 0.29) is 12.3 Å². The van der Waals surface area contributed by atoms with E-state index in [1.807, 2.05) is 0 Å². The minimum absolute atomic E-state index is 0.233. The molecule has 0 radical (unpaired) electrons. The van der Waals surface area contributed by atoms with Gasteiger partial charge in [0.2, 0.25) is 0 Å². The molecular weight excluding hydrogens is 255 g/mol. The molecule has 0 aromatic heterocycles. The minimum atomic E-state index is -4.39. The molecule has 1 saturated heterocycles. The molecule has 1 aromatic rings. The molecule has 2 nitrogen and oxygen atoms in total. The second-order valence-corrected chi connectivity index (χ2v) is 5.18.